The Balaban J connectivity index is 1.90. The van der Waals surface area contributed by atoms with Crippen LogP contribution in [0.3, 0.4) is 0 Å². The highest BCUT2D eigenvalue weighted by atomic mass is 35.5. The van der Waals surface area contributed by atoms with E-state index in [1.54, 1.807) is 12.1 Å². The zero-order valence-corrected chi connectivity index (χ0v) is 20.9. The van der Waals surface area contributed by atoms with Gasteiger partial charge in [-0.05, 0) is 18.6 Å². The average Bonchev–Trinajstić information content (AvgIpc) is 2.98. The standard InChI is InChI=1S/C24H25ClN4O4S/c1-5-6-11-34-24-26-22-21(27-28-24)15-9-7-8-10-18(15)29(14(2)30)23(33-22)16-12-19(31-3)20(32-4)13-17(16)25/h7-10,12-13,23H,5-6,11H2,1-4H3/t23-/m0/s1. The molecule has 4 rings (SSSR count). The van der Waals surface area contributed by atoms with Crippen LogP contribution in [0.5, 0.6) is 17.4 Å². The zero-order valence-electron chi connectivity index (χ0n) is 19.4. The molecule has 3 aromatic rings. The number of carbonyl (C=O) groups excluding carboxylic acids is 1. The molecule has 10 heteroatoms. The van der Waals surface area contributed by atoms with E-state index in [0.717, 1.165) is 18.6 Å². The first-order valence-corrected chi connectivity index (χ1v) is 12.2. The van der Waals surface area contributed by atoms with Gasteiger partial charge in [0.05, 0.1) is 24.9 Å². The van der Waals surface area contributed by atoms with Crippen molar-refractivity contribution in [2.24, 2.45) is 0 Å². The van der Waals surface area contributed by atoms with E-state index in [-0.39, 0.29) is 11.8 Å². The fourth-order valence-corrected chi connectivity index (χ4v) is 4.79. The molecule has 34 heavy (non-hydrogen) atoms. The second kappa shape index (κ2) is 10.5. The molecule has 0 saturated heterocycles. The highest BCUT2D eigenvalue weighted by molar-refractivity contribution is 7.99. The van der Waals surface area contributed by atoms with E-state index < -0.39 is 6.23 Å². The molecule has 0 saturated carbocycles. The van der Waals surface area contributed by atoms with Crippen molar-refractivity contribution in [2.75, 3.05) is 24.9 Å². The quantitative estimate of drug-likeness (QED) is 0.308. The van der Waals surface area contributed by atoms with Crippen LogP contribution < -0.4 is 19.1 Å². The average molecular weight is 501 g/mol. The Bertz CT molecular complexity index is 1210. The third kappa shape index (κ3) is 4.63. The van der Waals surface area contributed by atoms with Crippen molar-refractivity contribution in [3.05, 3.63) is 47.0 Å². The van der Waals surface area contributed by atoms with Crippen LogP contribution in [-0.4, -0.2) is 41.1 Å². The van der Waals surface area contributed by atoms with Gasteiger partial charge in [-0.25, -0.2) is 0 Å². The van der Waals surface area contributed by atoms with Gasteiger partial charge in [0.15, 0.2) is 17.2 Å². The summed E-state index contributed by atoms with van der Waals surface area (Å²) >= 11 is 8.17. The number of halogens is 1. The second-order valence-corrected chi connectivity index (χ2v) is 9.02. The molecule has 0 bridgehead atoms. The van der Waals surface area contributed by atoms with Crippen LogP contribution in [0.15, 0.2) is 41.6 Å². The molecule has 2 heterocycles. The lowest BCUT2D eigenvalue weighted by Gasteiger charge is -2.30. The topological polar surface area (TPSA) is 86.7 Å². The molecule has 1 aliphatic heterocycles. The van der Waals surface area contributed by atoms with Crippen molar-refractivity contribution >= 4 is 35.0 Å². The number of hydrogen-bond acceptors (Lipinski definition) is 8. The second-order valence-electron chi connectivity index (χ2n) is 7.56. The summed E-state index contributed by atoms with van der Waals surface area (Å²) in [7, 11) is 3.07. The van der Waals surface area contributed by atoms with E-state index in [2.05, 4.69) is 22.1 Å². The van der Waals surface area contributed by atoms with Gasteiger partial charge in [-0.2, -0.15) is 4.98 Å². The number of benzene rings is 2. The number of fused-ring (bicyclic) bond motifs is 3. The Morgan fingerprint density at radius 3 is 2.62 bits per heavy atom. The molecule has 0 N–H and O–H groups in total. The third-order valence-corrected chi connectivity index (χ3v) is 6.60. The minimum absolute atomic E-state index is 0.235. The van der Waals surface area contributed by atoms with E-state index in [4.69, 9.17) is 25.8 Å². The molecule has 0 aliphatic carbocycles. The van der Waals surface area contributed by atoms with Gasteiger partial charge in [0.1, 0.15) is 0 Å². The van der Waals surface area contributed by atoms with E-state index in [0.29, 0.717) is 44.2 Å². The van der Waals surface area contributed by atoms with E-state index in [9.17, 15) is 4.79 Å². The van der Waals surface area contributed by atoms with Gasteiger partial charge in [-0.15, -0.1) is 10.2 Å². The normalized spacial score (nSPS) is 14.5. The lowest BCUT2D eigenvalue weighted by atomic mass is 10.1. The van der Waals surface area contributed by atoms with Crippen LogP contribution in [0.1, 0.15) is 38.5 Å². The molecule has 8 nitrogen and oxygen atoms in total. The number of unbranched alkanes of at least 4 members (excludes halogenated alkanes) is 1. The lowest BCUT2D eigenvalue weighted by molar-refractivity contribution is -0.118. The monoisotopic (exact) mass is 500 g/mol. The number of nitrogens with zero attached hydrogens (tertiary/aromatic N) is 4. The van der Waals surface area contributed by atoms with Gasteiger partial charge in [0.2, 0.25) is 23.2 Å². The Hall–Kier alpha value is -3.04. The summed E-state index contributed by atoms with van der Waals surface area (Å²) in [5.41, 5.74) is 2.29. The minimum atomic E-state index is -0.919. The Kier molecular flexibility index (Phi) is 7.43. The number of ether oxygens (including phenoxy) is 3. The number of hydrogen-bond donors (Lipinski definition) is 0. The number of aromatic nitrogens is 3. The van der Waals surface area contributed by atoms with Crippen molar-refractivity contribution in [1.29, 1.82) is 0 Å². The molecule has 0 fully saturated rings. The number of amides is 1. The first kappa shape index (κ1) is 24.1. The van der Waals surface area contributed by atoms with Gasteiger partial charge in [-0.3, -0.25) is 9.69 Å². The molecular formula is C24H25ClN4O4S. The van der Waals surface area contributed by atoms with Gasteiger partial charge in [0.25, 0.3) is 0 Å². The maximum atomic E-state index is 13.0. The van der Waals surface area contributed by atoms with Crippen LogP contribution in [0.25, 0.3) is 11.3 Å². The first-order valence-electron chi connectivity index (χ1n) is 10.8. The van der Waals surface area contributed by atoms with E-state index in [1.165, 1.54) is 37.8 Å². The summed E-state index contributed by atoms with van der Waals surface area (Å²) in [6, 6.07) is 10.8. The molecule has 2 aromatic carbocycles. The van der Waals surface area contributed by atoms with Gasteiger partial charge >= 0.3 is 0 Å². The largest absolute Gasteiger partial charge is 0.493 e. The van der Waals surface area contributed by atoms with Crippen molar-refractivity contribution in [3.8, 4) is 28.6 Å². The van der Waals surface area contributed by atoms with Crippen LogP contribution in [0, 0.1) is 0 Å². The predicted molar refractivity (Wildman–Crippen MR) is 132 cm³/mol. The van der Waals surface area contributed by atoms with Gasteiger partial charge in [-0.1, -0.05) is 54.9 Å². The molecule has 178 valence electrons. The molecule has 1 aliphatic rings. The third-order valence-electron chi connectivity index (χ3n) is 5.35. The lowest BCUT2D eigenvalue weighted by Crippen LogP contribution is -2.36. The van der Waals surface area contributed by atoms with Crippen LogP contribution in [0.4, 0.5) is 5.69 Å². The number of para-hydroxylation sites is 1. The Morgan fingerprint density at radius 2 is 1.91 bits per heavy atom. The highest BCUT2D eigenvalue weighted by Crippen LogP contribution is 2.46. The van der Waals surface area contributed by atoms with Crippen molar-refractivity contribution in [1.82, 2.24) is 15.2 Å². The summed E-state index contributed by atoms with van der Waals surface area (Å²) < 4.78 is 17.2. The number of rotatable bonds is 7. The van der Waals surface area contributed by atoms with Gasteiger partial charge < -0.3 is 14.2 Å². The summed E-state index contributed by atoms with van der Waals surface area (Å²) in [5.74, 6) is 1.85. The fourth-order valence-electron chi connectivity index (χ4n) is 3.68. The van der Waals surface area contributed by atoms with E-state index in [1.807, 2.05) is 24.3 Å². The van der Waals surface area contributed by atoms with Gasteiger partial charge in [0, 0.05) is 29.9 Å². The van der Waals surface area contributed by atoms with Crippen LogP contribution in [-0.2, 0) is 4.79 Å². The summed E-state index contributed by atoms with van der Waals surface area (Å²) in [6.07, 6.45) is 1.19. The molecule has 0 spiro atoms. The summed E-state index contributed by atoms with van der Waals surface area (Å²) in [4.78, 5) is 19.2. The van der Waals surface area contributed by atoms with E-state index >= 15 is 0 Å². The Labute approximate surface area is 207 Å². The van der Waals surface area contributed by atoms with Crippen molar-refractivity contribution in [2.45, 2.75) is 38.1 Å². The number of thioether (sulfide) groups is 1. The molecule has 1 aromatic heterocycles. The zero-order chi connectivity index (χ0) is 24.2. The highest BCUT2D eigenvalue weighted by Gasteiger charge is 2.36. The predicted octanol–water partition coefficient (Wildman–Crippen LogP) is 5.55. The minimum Gasteiger partial charge on any atom is -0.493 e. The SMILES string of the molecule is CCCCSc1nnc2c(n1)O[C@@H](c1cc(OC)c(OC)cc1Cl)N(C(C)=O)c1ccccc1-2. The Morgan fingerprint density at radius 1 is 1.18 bits per heavy atom. The van der Waals surface area contributed by atoms with Crippen LogP contribution >= 0.6 is 23.4 Å². The number of carbonyl (C=O) groups is 1. The first-order chi connectivity index (χ1) is 16.5. The molecule has 1 atom stereocenters. The number of anilines is 1. The summed E-state index contributed by atoms with van der Waals surface area (Å²) in [6.45, 7) is 3.60. The maximum absolute atomic E-state index is 13.0. The maximum Gasteiger partial charge on any atom is 0.247 e. The molecule has 1 amide bonds. The smallest absolute Gasteiger partial charge is 0.247 e. The van der Waals surface area contributed by atoms with Crippen molar-refractivity contribution in [3.63, 3.8) is 0 Å². The summed E-state index contributed by atoms with van der Waals surface area (Å²) in [5, 5.41) is 9.59. The molecule has 0 radical (unpaired) electrons. The molecule has 0 unspecified atom stereocenters. The molecular weight excluding hydrogens is 476 g/mol. The fraction of sp³-hybridized carbons (Fsp3) is 0.333. The van der Waals surface area contributed by atoms with Crippen molar-refractivity contribution < 1.29 is 19.0 Å². The number of methoxy groups -OCH3 is 2. The van der Waals surface area contributed by atoms with Crippen LogP contribution in [0.2, 0.25) is 5.02 Å².